The molecule has 1 saturated heterocycles. The number of benzene rings is 1. The molecule has 0 bridgehead atoms. The average Bonchev–Trinajstić information content (AvgIpc) is 2.30. The van der Waals surface area contributed by atoms with Gasteiger partial charge in [-0.15, -0.1) is 0 Å². The summed E-state index contributed by atoms with van der Waals surface area (Å²) in [4.78, 5) is 2.47. The van der Waals surface area contributed by atoms with E-state index < -0.39 is 0 Å². The smallest absolute Gasteiger partial charge is 0.121 e. The highest BCUT2D eigenvalue weighted by molar-refractivity contribution is 5.53. The molecule has 1 aromatic rings. The molecule has 1 aliphatic heterocycles. The summed E-state index contributed by atoms with van der Waals surface area (Å²) < 4.78 is 5.27. The van der Waals surface area contributed by atoms with Gasteiger partial charge in [-0.3, -0.25) is 0 Å². The highest BCUT2D eigenvalue weighted by atomic mass is 16.5. The van der Waals surface area contributed by atoms with Crippen LogP contribution in [0.4, 0.5) is 5.69 Å². The summed E-state index contributed by atoms with van der Waals surface area (Å²) in [6, 6.07) is 6.46. The van der Waals surface area contributed by atoms with Gasteiger partial charge in [0.05, 0.1) is 7.11 Å². The lowest BCUT2D eigenvalue weighted by Gasteiger charge is -2.29. The molecule has 1 aromatic carbocycles. The van der Waals surface area contributed by atoms with Crippen molar-refractivity contribution in [2.75, 3.05) is 25.1 Å². The van der Waals surface area contributed by atoms with Gasteiger partial charge >= 0.3 is 0 Å². The Morgan fingerprint density at radius 2 is 1.87 bits per heavy atom. The third-order valence-electron chi connectivity index (χ3n) is 3.10. The van der Waals surface area contributed by atoms with Crippen LogP contribution in [0.3, 0.4) is 0 Å². The van der Waals surface area contributed by atoms with E-state index in [0.29, 0.717) is 0 Å². The maximum Gasteiger partial charge on any atom is 0.121 e. The molecule has 82 valence electrons. The third kappa shape index (κ3) is 2.25. The van der Waals surface area contributed by atoms with E-state index in [1.807, 2.05) is 0 Å². The molecule has 0 saturated carbocycles. The van der Waals surface area contributed by atoms with Crippen LogP contribution in [0.25, 0.3) is 0 Å². The van der Waals surface area contributed by atoms with Gasteiger partial charge < -0.3 is 9.64 Å². The van der Waals surface area contributed by atoms with Crippen molar-refractivity contribution in [2.24, 2.45) is 0 Å². The van der Waals surface area contributed by atoms with Crippen LogP contribution in [0.2, 0.25) is 0 Å². The molecule has 2 heteroatoms. The fraction of sp³-hybridized carbons (Fsp3) is 0.538. The number of nitrogens with zero attached hydrogens (tertiary/aromatic N) is 1. The van der Waals surface area contributed by atoms with Crippen molar-refractivity contribution >= 4 is 5.69 Å². The highest BCUT2D eigenvalue weighted by Gasteiger charge is 2.11. The first-order valence-electron chi connectivity index (χ1n) is 5.71. The molecule has 0 N–H and O–H groups in total. The van der Waals surface area contributed by atoms with Gasteiger partial charge in [-0.25, -0.2) is 0 Å². The minimum Gasteiger partial charge on any atom is -0.496 e. The number of rotatable bonds is 2. The van der Waals surface area contributed by atoms with Gasteiger partial charge in [-0.2, -0.15) is 0 Å². The largest absolute Gasteiger partial charge is 0.496 e. The van der Waals surface area contributed by atoms with Gasteiger partial charge in [0.1, 0.15) is 5.75 Å². The molecule has 2 nitrogen and oxygen atoms in total. The van der Waals surface area contributed by atoms with Crippen molar-refractivity contribution in [1.82, 2.24) is 0 Å². The lowest BCUT2D eigenvalue weighted by molar-refractivity contribution is 0.411. The monoisotopic (exact) mass is 205 g/mol. The lowest BCUT2D eigenvalue weighted by Crippen LogP contribution is -2.29. The predicted molar refractivity (Wildman–Crippen MR) is 63.8 cm³/mol. The highest BCUT2D eigenvalue weighted by Crippen LogP contribution is 2.26. The fourth-order valence-electron chi connectivity index (χ4n) is 2.21. The Morgan fingerprint density at radius 3 is 2.47 bits per heavy atom. The first-order valence-corrected chi connectivity index (χ1v) is 5.71. The van der Waals surface area contributed by atoms with E-state index in [4.69, 9.17) is 4.74 Å². The average molecular weight is 205 g/mol. The summed E-state index contributed by atoms with van der Waals surface area (Å²) in [5.74, 6) is 0.982. The molecule has 1 fully saturated rings. The van der Waals surface area contributed by atoms with E-state index in [-0.39, 0.29) is 0 Å². The van der Waals surface area contributed by atoms with Crippen LogP contribution in [0.15, 0.2) is 18.2 Å². The number of methoxy groups -OCH3 is 1. The lowest BCUT2D eigenvalue weighted by atomic mass is 10.1. The van der Waals surface area contributed by atoms with Crippen molar-refractivity contribution in [3.8, 4) is 5.75 Å². The zero-order chi connectivity index (χ0) is 10.7. The SMILES string of the molecule is COc1ccc(N2CCCCC2)cc1C. The minimum atomic E-state index is 0.982. The number of anilines is 1. The third-order valence-corrected chi connectivity index (χ3v) is 3.10. The van der Waals surface area contributed by atoms with E-state index in [2.05, 4.69) is 30.0 Å². The van der Waals surface area contributed by atoms with Crippen LogP contribution >= 0.6 is 0 Å². The normalized spacial score (nSPS) is 16.5. The molecule has 0 spiro atoms. The van der Waals surface area contributed by atoms with Crippen LogP contribution in [0.5, 0.6) is 5.75 Å². The molecule has 2 rings (SSSR count). The first-order chi connectivity index (χ1) is 7.31. The molecule has 0 radical (unpaired) electrons. The van der Waals surface area contributed by atoms with Crippen LogP contribution < -0.4 is 9.64 Å². The molecule has 0 aromatic heterocycles. The summed E-state index contributed by atoms with van der Waals surface area (Å²) >= 11 is 0. The number of hydrogen-bond acceptors (Lipinski definition) is 2. The summed E-state index contributed by atoms with van der Waals surface area (Å²) in [5, 5.41) is 0. The Bertz CT molecular complexity index is 329. The van der Waals surface area contributed by atoms with E-state index in [0.717, 1.165) is 5.75 Å². The predicted octanol–water partition coefficient (Wildman–Crippen LogP) is 2.99. The fourth-order valence-corrected chi connectivity index (χ4v) is 2.21. The zero-order valence-electron chi connectivity index (χ0n) is 9.62. The standard InChI is InChI=1S/C13H19NO/c1-11-10-12(6-7-13(11)15-2)14-8-4-3-5-9-14/h6-7,10H,3-5,8-9H2,1-2H3. The van der Waals surface area contributed by atoms with Crippen molar-refractivity contribution in [3.05, 3.63) is 23.8 Å². The molecule has 0 aliphatic carbocycles. The second-order valence-electron chi connectivity index (χ2n) is 4.20. The Hall–Kier alpha value is -1.18. The Kier molecular flexibility index (Phi) is 3.14. The van der Waals surface area contributed by atoms with Crippen molar-refractivity contribution < 1.29 is 4.74 Å². The van der Waals surface area contributed by atoms with E-state index >= 15 is 0 Å². The topological polar surface area (TPSA) is 12.5 Å². The number of ether oxygens (including phenoxy) is 1. The van der Waals surface area contributed by atoms with Crippen LogP contribution in [0.1, 0.15) is 24.8 Å². The van der Waals surface area contributed by atoms with Gasteiger partial charge in [-0.05, 0) is 49.9 Å². The summed E-state index contributed by atoms with van der Waals surface area (Å²) in [7, 11) is 1.73. The molecule has 1 heterocycles. The van der Waals surface area contributed by atoms with Crippen LogP contribution in [0, 0.1) is 6.92 Å². The van der Waals surface area contributed by atoms with E-state index in [9.17, 15) is 0 Å². The first kappa shape index (κ1) is 10.3. The molecular weight excluding hydrogens is 186 g/mol. The van der Waals surface area contributed by atoms with Crippen molar-refractivity contribution in [2.45, 2.75) is 26.2 Å². The van der Waals surface area contributed by atoms with Crippen LogP contribution in [-0.2, 0) is 0 Å². The molecule has 0 unspecified atom stereocenters. The van der Waals surface area contributed by atoms with Gasteiger partial charge in [0, 0.05) is 18.8 Å². The van der Waals surface area contributed by atoms with Gasteiger partial charge in [-0.1, -0.05) is 0 Å². The number of hydrogen-bond donors (Lipinski definition) is 0. The molecule has 1 aliphatic rings. The van der Waals surface area contributed by atoms with E-state index in [1.165, 1.54) is 43.6 Å². The van der Waals surface area contributed by atoms with Gasteiger partial charge in [0.25, 0.3) is 0 Å². The van der Waals surface area contributed by atoms with Gasteiger partial charge in [0.2, 0.25) is 0 Å². The van der Waals surface area contributed by atoms with Crippen LogP contribution in [-0.4, -0.2) is 20.2 Å². The van der Waals surface area contributed by atoms with Crippen molar-refractivity contribution in [3.63, 3.8) is 0 Å². The molecular formula is C13H19NO. The second kappa shape index (κ2) is 4.56. The molecule has 0 atom stereocenters. The summed E-state index contributed by atoms with van der Waals surface area (Å²) in [6.45, 7) is 4.50. The van der Waals surface area contributed by atoms with Crippen molar-refractivity contribution in [1.29, 1.82) is 0 Å². The molecule has 15 heavy (non-hydrogen) atoms. The number of piperidine rings is 1. The van der Waals surface area contributed by atoms with E-state index in [1.54, 1.807) is 7.11 Å². The second-order valence-corrected chi connectivity index (χ2v) is 4.20. The summed E-state index contributed by atoms with van der Waals surface area (Å²) in [5.41, 5.74) is 2.56. The van der Waals surface area contributed by atoms with Gasteiger partial charge in [0.15, 0.2) is 0 Å². The number of aryl methyl sites for hydroxylation is 1. The maximum absolute atomic E-state index is 5.27. The quantitative estimate of drug-likeness (QED) is 0.736. The Balaban J connectivity index is 2.17. The maximum atomic E-state index is 5.27. The Morgan fingerprint density at radius 1 is 1.13 bits per heavy atom. The minimum absolute atomic E-state index is 0.982. The molecule has 0 amide bonds. The zero-order valence-corrected chi connectivity index (χ0v) is 9.62. The summed E-state index contributed by atoms with van der Waals surface area (Å²) in [6.07, 6.45) is 4.03. The Labute approximate surface area is 91.9 Å².